The van der Waals surface area contributed by atoms with Gasteiger partial charge in [0.05, 0.1) is 29.1 Å². The second-order valence-corrected chi connectivity index (χ2v) is 9.54. The number of anilines is 1. The molecule has 1 aromatic carbocycles. The third-order valence-corrected chi connectivity index (χ3v) is 6.21. The Balaban J connectivity index is 1.51. The Bertz CT molecular complexity index is 903. The first-order chi connectivity index (χ1) is 14.8. The first-order valence-corrected chi connectivity index (χ1v) is 11.1. The van der Waals surface area contributed by atoms with E-state index in [1.54, 1.807) is 26.2 Å². The molecule has 7 nitrogen and oxygen atoms in total. The Kier molecular flexibility index (Phi) is 6.08. The van der Waals surface area contributed by atoms with E-state index in [4.69, 9.17) is 16.3 Å². The normalized spacial score (nSPS) is 24.8. The molecule has 8 heteroatoms. The largest absolute Gasteiger partial charge is 0.438 e. The summed E-state index contributed by atoms with van der Waals surface area (Å²) < 4.78 is 6.12. The summed E-state index contributed by atoms with van der Waals surface area (Å²) in [7, 11) is 0. The minimum Gasteiger partial charge on any atom is -0.438 e. The number of aromatic nitrogens is 2. The van der Waals surface area contributed by atoms with Crippen molar-refractivity contribution in [3.63, 3.8) is 0 Å². The Morgan fingerprint density at radius 1 is 1.23 bits per heavy atom. The van der Waals surface area contributed by atoms with Crippen LogP contribution in [0.15, 0.2) is 42.7 Å². The average Bonchev–Trinajstić information content (AvgIpc) is 2.74. The van der Waals surface area contributed by atoms with Crippen LogP contribution in [0, 0.1) is 0 Å². The molecule has 2 aromatic rings. The zero-order chi connectivity index (χ0) is 22.1. The molecule has 2 aliphatic heterocycles. The third kappa shape index (κ3) is 4.93. The maximum absolute atomic E-state index is 13.2. The van der Waals surface area contributed by atoms with Gasteiger partial charge in [-0.3, -0.25) is 0 Å². The van der Waals surface area contributed by atoms with Crippen LogP contribution in [-0.4, -0.2) is 57.3 Å². The lowest BCUT2D eigenvalue weighted by atomic mass is 9.80. The third-order valence-electron chi connectivity index (χ3n) is 6.02. The molecule has 2 unspecified atom stereocenters. The summed E-state index contributed by atoms with van der Waals surface area (Å²) in [5.41, 5.74) is -0.878. The van der Waals surface area contributed by atoms with Crippen molar-refractivity contribution in [3.8, 4) is 0 Å². The molecule has 0 spiro atoms. The number of hydrogen-bond donors (Lipinski definition) is 1. The Labute approximate surface area is 188 Å². The Hall–Kier alpha value is -2.38. The minimum absolute atomic E-state index is 0.0245. The van der Waals surface area contributed by atoms with Crippen molar-refractivity contribution in [2.45, 2.75) is 56.8 Å². The number of piperidine rings is 1. The van der Waals surface area contributed by atoms with E-state index in [-0.39, 0.29) is 12.1 Å². The molecule has 1 N–H and O–H groups in total. The number of hydrogen-bond acceptors (Lipinski definition) is 6. The molecule has 0 saturated carbocycles. The van der Waals surface area contributed by atoms with Crippen molar-refractivity contribution in [3.05, 3.63) is 53.3 Å². The maximum Gasteiger partial charge on any atom is 0.410 e. The lowest BCUT2D eigenvalue weighted by molar-refractivity contribution is -0.102. The summed E-state index contributed by atoms with van der Waals surface area (Å²) >= 11 is 5.91. The molecule has 166 valence electrons. The monoisotopic (exact) mass is 444 g/mol. The average molecular weight is 445 g/mol. The summed E-state index contributed by atoms with van der Waals surface area (Å²) in [4.78, 5) is 25.8. The van der Waals surface area contributed by atoms with Gasteiger partial charge in [0.25, 0.3) is 0 Å². The molecule has 2 fully saturated rings. The van der Waals surface area contributed by atoms with Crippen LogP contribution in [0.5, 0.6) is 0 Å². The first-order valence-electron chi connectivity index (χ1n) is 10.8. The highest BCUT2D eigenvalue weighted by molar-refractivity contribution is 6.30. The molecule has 3 heterocycles. The van der Waals surface area contributed by atoms with E-state index in [0.717, 1.165) is 24.9 Å². The maximum atomic E-state index is 13.2. The van der Waals surface area contributed by atoms with Crippen LogP contribution in [0.4, 0.5) is 10.7 Å². The predicted molar refractivity (Wildman–Crippen MR) is 119 cm³/mol. The number of nitrogens with zero attached hydrogens (tertiary/aromatic N) is 4. The van der Waals surface area contributed by atoms with Gasteiger partial charge in [0.1, 0.15) is 5.60 Å². The quantitative estimate of drug-likeness (QED) is 0.751. The van der Waals surface area contributed by atoms with Gasteiger partial charge < -0.3 is 19.6 Å². The van der Waals surface area contributed by atoms with Gasteiger partial charge in [0.15, 0.2) is 0 Å². The topological polar surface area (TPSA) is 78.8 Å². The molecule has 0 radical (unpaired) electrons. The van der Waals surface area contributed by atoms with E-state index in [1.165, 1.54) is 0 Å². The number of rotatable bonds is 5. The van der Waals surface area contributed by atoms with Crippen molar-refractivity contribution in [1.82, 2.24) is 14.9 Å². The van der Waals surface area contributed by atoms with Gasteiger partial charge in [-0.1, -0.05) is 41.9 Å². The lowest BCUT2D eigenvalue weighted by Crippen LogP contribution is -2.57. The smallest absolute Gasteiger partial charge is 0.410 e. The van der Waals surface area contributed by atoms with Crippen molar-refractivity contribution >= 4 is 23.6 Å². The molecule has 2 aliphatic rings. The van der Waals surface area contributed by atoms with Crippen LogP contribution >= 0.6 is 11.6 Å². The molecular weight excluding hydrogens is 416 g/mol. The molecule has 0 bridgehead atoms. The lowest BCUT2D eigenvalue weighted by Gasteiger charge is -2.47. The molecule has 0 aliphatic carbocycles. The van der Waals surface area contributed by atoms with Crippen LogP contribution in [0.1, 0.15) is 45.1 Å². The summed E-state index contributed by atoms with van der Waals surface area (Å²) in [6, 6.07) is 9.77. The highest BCUT2D eigenvalue weighted by Crippen LogP contribution is 2.41. The van der Waals surface area contributed by atoms with Crippen molar-refractivity contribution < 1.29 is 14.6 Å². The summed E-state index contributed by atoms with van der Waals surface area (Å²) in [6.07, 6.45) is 5.67. The number of carbonyl (C=O) groups excluding carboxylic acids is 1. The number of ether oxygens (including phenoxy) is 1. The van der Waals surface area contributed by atoms with Crippen molar-refractivity contribution in [1.29, 1.82) is 0 Å². The second kappa shape index (κ2) is 8.63. The number of aliphatic hydroxyl groups is 1. The molecule has 31 heavy (non-hydrogen) atoms. The summed E-state index contributed by atoms with van der Waals surface area (Å²) in [5, 5.41) is 11.0. The summed E-state index contributed by atoms with van der Waals surface area (Å²) in [5.74, 6) is 0.625. The van der Waals surface area contributed by atoms with Gasteiger partial charge in [-0.05, 0) is 32.3 Å². The van der Waals surface area contributed by atoms with Crippen LogP contribution in [-0.2, 0) is 10.3 Å². The zero-order valence-electron chi connectivity index (χ0n) is 18.0. The SMILES string of the molecule is CC(C)(O)CC1(c2ccccc2)CCN(C2CCCN(c3ncc(Cl)cn3)C2)C(=O)O1. The Morgan fingerprint density at radius 3 is 2.58 bits per heavy atom. The summed E-state index contributed by atoms with van der Waals surface area (Å²) in [6.45, 7) is 5.57. The molecule has 1 amide bonds. The standard InChI is InChI=1S/C23H29ClN4O3/c1-22(2,30)16-23(17-7-4-3-5-8-17)10-12-28(21(29)31-23)19-9-6-11-27(15-19)20-25-13-18(24)14-26-20/h3-5,7-8,13-14,19,30H,6,9-12,15-16H2,1-2H3. The van der Waals surface area contributed by atoms with Crippen LogP contribution < -0.4 is 4.90 Å². The molecule has 4 rings (SSSR count). The Morgan fingerprint density at radius 2 is 1.94 bits per heavy atom. The van der Waals surface area contributed by atoms with E-state index in [9.17, 15) is 9.90 Å². The molecular formula is C23H29ClN4O3. The van der Waals surface area contributed by atoms with Crippen LogP contribution in [0.3, 0.4) is 0 Å². The fourth-order valence-electron chi connectivity index (χ4n) is 4.73. The van der Waals surface area contributed by atoms with E-state index in [1.807, 2.05) is 35.2 Å². The molecule has 2 saturated heterocycles. The highest BCUT2D eigenvalue weighted by Gasteiger charge is 2.47. The van der Waals surface area contributed by atoms with Gasteiger partial charge in [-0.2, -0.15) is 0 Å². The van der Waals surface area contributed by atoms with E-state index in [0.29, 0.717) is 36.9 Å². The van der Waals surface area contributed by atoms with E-state index in [2.05, 4.69) is 14.9 Å². The predicted octanol–water partition coefficient (Wildman–Crippen LogP) is 4.00. The van der Waals surface area contributed by atoms with Crippen LogP contribution in [0.2, 0.25) is 5.02 Å². The van der Waals surface area contributed by atoms with E-state index >= 15 is 0 Å². The zero-order valence-corrected chi connectivity index (χ0v) is 18.8. The van der Waals surface area contributed by atoms with Crippen LogP contribution in [0.25, 0.3) is 0 Å². The highest BCUT2D eigenvalue weighted by atomic mass is 35.5. The van der Waals surface area contributed by atoms with Gasteiger partial charge >= 0.3 is 6.09 Å². The number of halogens is 1. The van der Waals surface area contributed by atoms with Crippen molar-refractivity contribution in [2.75, 3.05) is 24.5 Å². The minimum atomic E-state index is -0.966. The number of carbonyl (C=O) groups is 1. The van der Waals surface area contributed by atoms with Gasteiger partial charge in [0.2, 0.25) is 5.95 Å². The van der Waals surface area contributed by atoms with Gasteiger partial charge in [0, 0.05) is 32.5 Å². The second-order valence-electron chi connectivity index (χ2n) is 9.10. The number of amides is 1. The number of cyclic esters (lactones) is 1. The first kappa shape index (κ1) is 21.8. The number of benzene rings is 1. The van der Waals surface area contributed by atoms with Gasteiger partial charge in [-0.15, -0.1) is 0 Å². The molecule has 1 aromatic heterocycles. The molecule has 2 atom stereocenters. The van der Waals surface area contributed by atoms with Crippen molar-refractivity contribution in [2.24, 2.45) is 0 Å². The fraction of sp³-hybridized carbons (Fsp3) is 0.522. The fourth-order valence-corrected chi connectivity index (χ4v) is 4.83. The van der Waals surface area contributed by atoms with E-state index < -0.39 is 11.2 Å². The van der Waals surface area contributed by atoms with Gasteiger partial charge in [-0.25, -0.2) is 14.8 Å².